The highest BCUT2D eigenvalue weighted by Crippen LogP contribution is 2.34. The number of carbonyl (C=O) groups is 1. The van der Waals surface area contributed by atoms with Gasteiger partial charge in [0.05, 0.1) is 19.9 Å². The van der Waals surface area contributed by atoms with Crippen molar-refractivity contribution >= 4 is 34.0 Å². The van der Waals surface area contributed by atoms with E-state index in [1.54, 1.807) is 32.4 Å². The van der Waals surface area contributed by atoms with Gasteiger partial charge in [0.2, 0.25) is 17.6 Å². The first kappa shape index (κ1) is 21.8. The summed E-state index contributed by atoms with van der Waals surface area (Å²) in [6, 6.07) is 12.6. The molecule has 0 spiro atoms. The van der Waals surface area contributed by atoms with Crippen LogP contribution in [-0.2, 0) is 11.2 Å². The van der Waals surface area contributed by atoms with Gasteiger partial charge in [-0.3, -0.25) is 4.79 Å². The Hall–Kier alpha value is -3.43. The summed E-state index contributed by atoms with van der Waals surface area (Å²) in [4.78, 5) is 21.2. The SMILES string of the molecule is COc1ccc(-c2csc(NC(=O)CCc3nc(-c4ccc(Cl)cc4)no3)n2)c(OC)c1. The summed E-state index contributed by atoms with van der Waals surface area (Å²) in [7, 11) is 3.18. The lowest BCUT2D eigenvalue weighted by molar-refractivity contribution is -0.116. The smallest absolute Gasteiger partial charge is 0.227 e. The molecular weight excluding hydrogens is 452 g/mol. The van der Waals surface area contributed by atoms with Gasteiger partial charge in [0.1, 0.15) is 11.5 Å². The highest BCUT2D eigenvalue weighted by molar-refractivity contribution is 7.14. The molecule has 0 aliphatic rings. The summed E-state index contributed by atoms with van der Waals surface area (Å²) >= 11 is 7.23. The first-order valence-corrected chi connectivity index (χ1v) is 10.9. The molecule has 10 heteroatoms. The molecule has 164 valence electrons. The van der Waals surface area contributed by atoms with E-state index < -0.39 is 0 Å². The van der Waals surface area contributed by atoms with Gasteiger partial charge >= 0.3 is 0 Å². The Bertz CT molecular complexity index is 1220. The summed E-state index contributed by atoms with van der Waals surface area (Å²) in [5, 5.41) is 9.74. The first-order chi connectivity index (χ1) is 15.6. The van der Waals surface area contributed by atoms with Crippen molar-refractivity contribution in [2.24, 2.45) is 0 Å². The minimum Gasteiger partial charge on any atom is -0.497 e. The first-order valence-electron chi connectivity index (χ1n) is 9.62. The van der Waals surface area contributed by atoms with E-state index >= 15 is 0 Å². The van der Waals surface area contributed by atoms with E-state index in [1.807, 2.05) is 29.6 Å². The van der Waals surface area contributed by atoms with Gasteiger partial charge < -0.3 is 19.3 Å². The fourth-order valence-corrected chi connectivity index (χ4v) is 3.79. The summed E-state index contributed by atoms with van der Waals surface area (Å²) in [5.74, 6) is 1.97. The monoisotopic (exact) mass is 470 g/mol. The number of hydrogen-bond acceptors (Lipinski definition) is 8. The molecule has 2 aromatic carbocycles. The lowest BCUT2D eigenvalue weighted by Crippen LogP contribution is -2.12. The second kappa shape index (κ2) is 9.80. The Morgan fingerprint density at radius 2 is 1.94 bits per heavy atom. The zero-order chi connectivity index (χ0) is 22.5. The third-order valence-electron chi connectivity index (χ3n) is 4.57. The average Bonchev–Trinajstić information content (AvgIpc) is 3.47. The standard InChI is InChI=1S/C22H19ClN4O4S/c1-29-15-7-8-16(18(11-15)30-2)17-12-32-22(24-17)25-19(28)9-10-20-26-21(27-31-20)13-3-5-14(23)6-4-13/h3-8,11-12H,9-10H2,1-2H3,(H,24,25,28). The van der Waals surface area contributed by atoms with Gasteiger partial charge in [0.25, 0.3) is 0 Å². The highest BCUT2D eigenvalue weighted by Gasteiger charge is 2.14. The number of halogens is 1. The number of amides is 1. The van der Waals surface area contributed by atoms with E-state index in [9.17, 15) is 4.79 Å². The molecule has 0 saturated heterocycles. The van der Waals surface area contributed by atoms with Crippen molar-refractivity contribution in [2.75, 3.05) is 19.5 Å². The lowest BCUT2D eigenvalue weighted by Gasteiger charge is -2.08. The normalized spacial score (nSPS) is 10.7. The zero-order valence-corrected chi connectivity index (χ0v) is 18.9. The van der Waals surface area contributed by atoms with Gasteiger partial charge in [-0.2, -0.15) is 4.98 Å². The Kier molecular flexibility index (Phi) is 6.67. The molecule has 0 atom stereocenters. The van der Waals surface area contributed by atoms with Crippen LogP contribution in [0.1, 0.15) is 12.3 Å². The van der Waals surface area contributed by atoms with Crippen molar-refractivity contribution in [3.8, 4) is 34.1 Å². The van der Waals surface area contributed by atoms with Crippen LogP contribution >= 0.6 is 22.9 Å². The molecule has 2 aromatic heterocycles. The maximum Gasteiger partial charge on any atom is 0.227 e. The maximum atomic E-state index is 12.4. The quantitative estimate of drug-likeness (QED) is 0.382. The number of aryl methyl sites for hydroxylation is 1. The third-order valence-corrected chi connectivity index (χ3v) is 5.58. The van der Waals surface area contributed by atoms with Crippen molar-refractivity contribution in [3.05, 3.63) is 58.8 Å². The van der Waals surface area contributed by atoms with Crippen LogP contribution in [0.2, 0.25) is 5.02 Å². The number of rotatable bonds is 8. The van der Waals surface area contributed by atoms with Crippen LogP contribution in [0.15, 0.2) is 52.4 Å². The average molecular weight is 471 g/mol. The fraction of sp³-hybridized carbons (Fsp3) is 0.182. The van der Waals surface area contributed by atoms with Crippen molar-refractivity contribution in [2.45, 2.75) is 12.8 Å². The third kappa shape index (κ3) is 5.06. The van der Waals surface area contributed by atoms with E-state index in [0.717, 1.165) is 11.1 Å². The molecule has 8 nitrogen and oxygen atoms in total. The molecule has 4 rings (SSSR count). The number of ether oxygens (including phenoxy) is 2. The van der Waals surface area contributed by atoms with Gasteiger partial charge in [-0.15, -0.1) is 11.3 Å². The Morgan fingerprint density at radius 1 is 1.12 bits per heavy atom. The summed E-state index contributed by atoms with van der Waals surface area (Å²) in [6.45, 7) is 0. The zero-order valence-electron chi connectivity index (χ0n) is 17.3. The minimum absolute atomic E-state index is 0.184. The lowest BCUT2D eigenvalue weighted by atomic mass is 10.1. The Balaban J connectivity index is 1.36. The van der Waals surface area contributed by atoms with Crippen LogP contribution in [0.5, 0.6) is 11.5 Å². The highest BCUT2D eigenvalue weighted by atomic mass is 35.5. The van der Waals surface area contributed by atoms with Crippen LogP contribution in [0.25, 0.3) is 22.6 Å². The minimum atomic E-state index is -0.196. The number of hydrogen-bond donors (Lipinski definition) is 1. The number of thiazole rings is 1. The van der Waals surface area contributed by atoms with Crippen molar-refractivity contribution in [3.63, 3.8) is 0 Å². The molecule has 1 N–H and O–H groups in total. The number of methoxy groups -OCH3 is 2. The summed E-state index contributed by atoms with van der Waals surface area (Å²) in [5.41, 5.74) is 2.30. The fourth-order valence-electron chi connectivity index (χ4n) is 2.94. The molecule has 4 aromatic rings. The van der Waals surface area contributed by atoms with Gasteiger partial charge in [0.15, 0.2) is 5.13 Å². The number of anilines is 1. The molecule has 0 saturated carbocycles. The largest absolute Gasteiger partial charge is 0.497 e. The van der Waals surface area contributed by atoms with Gasteiger partial charge in [-0.1, -0.05) is 16.8 Å². The molecular formula is C22H19ClN4O4S. The second-order valence-electron chi connectivity index (χ2n) is 6.67. The van der Waals surface area contributed by atoms with E-state index in [2.05, 4.69) is 20.4 Å². The molecule has 1 amide bonds. The number of aromatic nitrogens is 3. The van der Waals surface area contributed by atoms with Crippen LogP contribution in [0.4, 0.5) is 5.13 Å². The van der Waals surface area contributed by atoms with E-state index in [-0.39, 0.29) is 12.3 Å². The predicted molar refractivity (Wildman–Crippen MR) is 122 cm³/mol. The molecule has 0 aliphatic heterocycles. The molecule has 0 aliphatic carbocycles. The molecule has 0 unspecified atom stereocenters. The molecule has 2 heterocycles. The summed E-state index contributed by atoms with van der Waals surface area (Å²) < 4.78 is 15.9. The number of nitrogens with one attached hydrogen (secondary N) is 1. The van der Waals surface area contributed by atoms with Crippen molar-refractivity contribution < 1.29 is 18.8 Å². The van der Waals surface area contributed by atoms with Gasteiger partial charge in [0, 0.05) is 40.4 Å². The van der Waals surface area contributed by atoms with Crippen LogP contribution in [0.3, 0.4) is 0 Å². The Labute approximate surface area is 193 Å². The Morgan fingerprint density at radius 3 is 2.69 bits per heavy atom. The van der Waals surface area contributed by atoms with Crippen LogP contribution in [0, 0.1) is 0 Å². The predicted octanol–water partition coefficient (Wildman–Crippen LogP) is 5.10. The van der Waals surface area contributed by atoms with E-state index in [4.69, 9.17) is 25.6 Å². The van der Waals surface area contributed by atoms with E-state index in [1.165, 1.54) is 11.3 Å². The molecule has 32 heavy (non-hydrogen) atoms. The number of nitrogens with zero attached hydrogens (tertiary/aromatic N) is 3. The van der Waals surface area contributed by atoms with Gasteiger partial charge in [-0.25, -0.2) is 4.98 Å². The number of benzene rings is 2. The van der Waals surface area contributed by atoms with Gasteiger partial charge in [-0.05, 0) is 36.4 Å². The molecule has 0 fully saturated rings. The number of carbonyl (C=O) groups excluding carboxylic acids is 1. The molecule has 0 bridgehead atoms. The van der Waals surface area contributed by atoms with Crippen LogP contribution < -0.4 is 14.8 Å². The van der Waals surface area contributed by atoms with Crippen LogP contribution in [-0.4, -0.2) is 35.3 Å². The topological polar surface area (TPSA) is 99.4 Å². The molecule has 0 radical (unpaired) electrons. The second-order valence-corrected chi connectivity index (χ2v) is 7.97. The van der Waals surface area contributed by atoms with Crippen molar-refractivity contribution in [1.82, 2.24) is 15.1 Å². The van der Waals surface area contributed by atoms with Crippen molar-refractivity contribution in [1.29, 1.82) is 0 Å². The summed E-state index contributed by atoms with van der Waals surface area (Å²) in [6.07, 6.45) is 0.500. The maximum absolute atomic E-state index is 12.4. The van der Waals surface area contributed by atoms with E-state index in [0.29, 0.717) is 45.5 Å².